The average molecular weight is 268 g/mol. The fourth-order valence-corrected chi connectivity index (χ4v) is 3.50. The molecule has 106 valence electrons. The first kappa shape index (κ1) is 13.6. The normalized spacial score (nSPS) is 23.4. The molecule has 0 aromatic heterocycles. The summed E-state index contributed by atoms with van der Waals surface area (Å²) in [4.78, 5) is 2.45. The number of nitrogens with two attached hydrogens (primary N) is 1. The topological polar surface area (TPSA) is 29.3 Å². The van der Waals surface area contributed by atoms with Crippen LogP contribution in [0, 0.1) is 0 Å². The van der Waals surface area contributed by atoms with Gasteiger partial charge in [0.2, 0.25) is 0 Å². The summed E-state index contributed by atoms with van der Waals surface area (Å²) >= 11 is 0. The van der Waals surface area contributed by atoms with Gasteiger partial charge in [-0.25, -0.2) is 0 Å². The second-order valence-corrected chi connectivity index (χ2v) is 6.07. The van der Waals surface area contributed by atoms with Crippen LogP contribution in [0.5, 0.6) is 0 Å². The standard InChI is InChI=1S/C18H24N2/c1-20(18-12-5-4-11-17(18)19)13-15-9-6-8-14-7-2-3-10-16(14)15/h2-3,6-10,17-18H,4-5,11-13,19H2,1H3/t17-,18-/m0/s1. The predicted molar refractivity (Wildman–Crippen MR) is 85.6 cm³/mol. The van der Waals surface area contributed by atoms with Crippen molar-refractivity contribution in [2.24, 2.45) is 5.73 Å². The highest BCUT2D eigenvalue weighted by Gasteiger charge is 2.25. The van der Waals surface area contributed by atoms with Gasteiger partial charge in [0.1, 0.15) is 0 Å². The zero-order valence-corrected chi connectivity index (χ0v) is 12.3. The van der Waals surface area contributed by atoms with E-state index in [4.69, 9.17) is 5.73 Å². The summed E-state index contributed by atoms with van der Waals surface area (Å²) in [5.74, 6) is 0. The summed E-state index contributed by atoms with van der Waals surface area (Å²) in [6, 6.07) is 16.1. The Labute approximate surface area is 121 Å². The van der Waals surface area contributed by atoms with E-state index < -0.39 is 0 Å². The molecule has 0 aliphatic heterocycles. The van der Waals surface area contributed by atoms with Crippen LogP contribution in [0.3, 0.4) is 0 Å². The lowest BCUT2D eigenvalue weighted by molar-refractivity contribution is 0.163. The number of benzene rings is 2. The Morgan fingerprint density at radius 1 is 1.05 bits per heavy atom. The van der Waals surface area contributed by atoms with Crippen molar-refractivity contribution in [3.05, 3.63) is 48.0 Å². The number of fused-ring (bicyclic) bond motifs is 1. The molecule has 1 aliphatic carbocycles. The van der Waals surface area contributed by atoms with Gasteiger partial charge in [-0.05, 0) is 36.2 Å². The fourth-order valence-electron chi connectivity index (χ4n) is 3.50. The maximum absolute atomic E-state index is 6.30. The molecule has 1 fully saturated rings. The predicted octanol–water partition coefficient (Wildman–Crippen LogP) is 3.54. The van der Waals surface area contributed by atoms with E-state index in [1.807, 2.05) is 0 Å². The van der Waals surface area contributed by atoms with Crippen LogP contribution in [0.1, 0.15) is 31.2 Å². The van der Waals surface area contributed by atoms with E-state index in [-0.39, 0.29) is 0 Å². The summed E-state index contributed by atoms with van der Waals surface area (Å²) in [6.07, 6.45) is 5.02. The third-order valence-electron chi connectivity index (χ3n) is 4.65. The highest BCUT2D eigenvalue weighted by molar-refractivity contribution is 5.85. The van der Waals surface area contributed by atoms with Gasteiger partial charge in [-0.2, -0.15) is 0 Å². The van der Waals surface area contributed by atoms with Gasteiger partial charge in [0.05, 0.1) is 0 Å². The maximum Gasteiger partial charge on any atom is 0.0247 e. The maximum atomic E-state index is 6.30. The van der Waals surface area contributed by atoms with Crippen LogP contribution in [0.15, 0.2) is 42.5 Å². The number of hydrogen-bond donors (Lipinski definition) is 1. The lowest BCUT2D eigenvalue weighted by atomic mass is 9.89. The molecule has 1 aliphatic rings. The zero-order chi connectivity index (χ0) is 13.9. The summed E-state index contributed by atoms with van der Waals surface area (Å²) < 4.78 is 0. The van der Waals surface area contributed by atoms with Crippen molar-refractivity contribution in [1.29, 1.82) is 0 Å². The molecule has 0 radical (unpaired) electrons. The van der Waals surface area contributed by atoms with E-state index in [0.29, 0.717) is 12.1 Å². The van der Waals surface area contributed by atoms with Crippen LogP contribution >= 0.6 is 0 Å². The fraction of sp³-hybridized carbons (Fsp3) is 0.444. The second-order valence-electron chi connectivity index (χ2n) is 6.07. The first-order chi connectivity index (χ1) is 9.75. The molecule has 0 bridgehead atoms. The van der Waals surface area contributed by atoms with Crippen LogP contribution < -0.4 is 5.73 Å². The molecular weight excluding hydrogens is 244 g/mol. The molecule has 0 heterocycles. The van der Waals surface area contributed by atoms with E-state index in [1.54, 1.807) is 0 Å². The third-order valence-corrected chi connectivity index (χ3v) is 4.65. The third kappa shape index (κ3) is 2.72. The van der Waals surface area contributed by atoms with Gasteiger partial charge < -0.3 is 5.73 Å². The molecule has 0 spiro atoms. The van der Waals surface area contributed by atoms with Crippen molar-refractivity contribution in [3.8, 4) is 0 Å². The molecule has 0 unspecified atom stereocenters. The molecule has 2 atom stereocenters. The van der Waals surface area contributed by atoms with Gasteiger partial charge in [-0.1, -0.05) is 55.3 Å². The monoisotopic (exact) mass is 268 g/mol. The van der Waals surface area contributed by atoms with Crippen molar-refractivity contribution in [1.82, 2.24) is 4.90 Å². The van der Waals surface area contributed by atoms with Crippen molar-refractivity contribution in [2.75, 3.05) is 7.05 Å². The Morgan fingerprint density at radius 2 is 1.80 bits per heavy atom. The highest BCUT2D eigenvalue weighted by atomic mass is 15.1. The first-order valence-electron chi connectivity index (χ1n) is 7.68. The largest absolute Gasteiger partial charge is 0.326 e. The minimum atomic E-state index is 0.337. The molecule has 3 rings (SSSR count). The minimum absolute atomic E-state index is 0.337. The lowest BCUT2D eigenvalue weighted by Gasteiger charge is -2.36. The van der Waals surface area contributed by atoms with E-state index >= 15 is 0 Å². The molecule has 2 N–H and O–H groups in total. The van der Waals surface area contributed by atoms with Crippen LogP contribution in [-0.2, 0) is 6.54 Å². The Morgan fingerprint density at radius 3 is 2.65 bits per heavy atom. The summed E-state index contributed by atoms with van der Waals surface area (Å²) in [6.45, 7) is 0.986. The Bertz CT molecular complexity index is 573. The van der Waals surface area contributed by atoms with E-state index in [1.165, 1.54) is 42.0 Å². The number of nitrogens with zero attached hydrogens (tertiary/aromatic N) is 1. The lowest BCUT2D eigenvalue weighted by Crippen LogP contribution is -2.47. The van der Waals surface area contributed by atoms with E-state index in [0.717, 1.165) is 6.54 Å². The first-order valence-corrected chi connectivity index (χ1v) is 7.68. The smallest absolute Gasteiger partial charge is 0.0247 e. The molecule has 2 nitrogen and oxygen atoms in total. The summed E-state index contributed by atoms with van der Waals surface area (Å²) in [5, 5.41) is 2.69. The quantitative estimate of drug-likeness (QED) is 0.922. The van der Waals surface area contributed by atoms with Crippen LogP contribution in [0.4, 0.5) is 0 Å². The molecule has 2 aromatic rings. The highest BCUT2D eigenvalue weighted by Crippen LogP contribution is 2.25. The molecular formula is C18H24N2. The average Bonchev–Trinajstić information content (AvgIpc) is 2.48. The Hall–Kier alpha value is -1.38. The second kappa shape index (κ2) is 5.94. The van der Waals surface area contributed by atoms with Gasteiger partial charge in [0.25, 0.3) is 0 Å². The summed E-state index contributed by atoms with van der Waals surface area (Å²) in [7, 11) is 2.22. The van der Waals surface area contributed by atoms with Crippen LogP contribution in [0.25, 0.3) is 10.8 Å². The van der Waals surface area contributed by atoms with Crippen LogP contribution in [0.2, 0.25) is 0 Å². The van der Waals surface area contributed by atoms with Gasteiger partial charge >= 0.3 is 0 Å². The number of rotatable bonds is 3. The number of likely N-dealkylation sites (N-methyl/N-ethyl adjacent to an activating group) is 1. The molecule has 20 heavy (non-hydrogen) atoms. The SMILES string of the molecule is CN(Cc1cccc2ccccc12)[C@H]1CCCC[C@@H]1N. The molecule has 0 amide bonds. The Kier molecular flexibility index (Phi) is 4.04. The molecule has 2 aromatic carbocycles. The van der Waals surface area contributed by atoms with Crippen molar-refractivity contribution < 1.29 is 0 Å². The minimum Gasteiger partial charge on any atom is -0.326 e. The van der Waals surface area contributed by atoms with E-state index in [2.05, 4.69) is 54.4 Å². The van der Waals surface area contributed by atoms with Gasteiger partial charge in [-0.3, -0.25) is 4.90 Å². The Balaban J connectivity index is 1.82. The van der Waals surface area contributed by atoms with Crippen molar-refractivity contribution >= 4 is 10.8 Å². The van der Waals surface area contributed by atoms with E-state index in [9.17, 15) is 0 Å². The van der Waals surface area contributed by atoms with Gasteiger partial charge in [0, 0.05) is 18.6 Å². The zero-order valence-electron chi connectivity index (χ0n) is 12.3. The van der Waals surface area contributed by atoms with Gasteiger partial charge in [-0.15, -0.1) is 0 Å². The van der Waals surface area contributed by atoms with Crippen molar-refractivity contribution in [3.63, 3.8) is 0 Å². The van der Waals surface area contributed by atoms with Crippen LogP contribution in [-0.4, -0.2) is 24.0 Å². The molecule has 2 heteroatoms. The van der Waals surface area contributed by atoms with Gasteiger partial charge in [0.15, 0.2) is 0 Å². The van der Waals surface area contributed by atoms with Crippen molar-refractivity contribution in [2.45, 2.75) is 44.3 Å². The summed E-state index contributed by atoms with van der Waals surface area (Å²) in [5.41, 5.74) is 7.71. The molecule has 1 saturated carbocycles. The molecule has 0 saturated heterocycles. The number of hydrogen-bond acceptors (Lipinski definition) is 2.